The lowest BCUT2D eigenvalue weighted by Gasteiger charge is -2.25. The zero-order valence-electron chi connectivity index (χ0n) is 19.7. The average Bonchev–Trinajstić information content (AvgIpc) is 3.41. The zero-order valence-corrected chi connectivity index (χ0v) is 20.5. The lowest BCUT2D eigenvalue weighted by Crippen LogP contribution is -2.39. The number of benzene rings is 1. The summed E-state index contributed by atoms with van der Waals surface area (Å²) in [5.74, 6) is 0.527. The summed E-state index contributed by atoms with van der Waals surface area (Å²) in [5.41, 5.74) is 2.07. The summed E-state index contributed by atoms with van der Waals surface area (Å²) in [6, 6.07) is 4.60. The van der Waals surface area contributed by atoms with Crippen LogP contribution in [0.4, 0.5) is 0 Å². The predicted octanol–water partition coefficient (Wildman–Crippen LogP) is 2.03. The fourth-order valence-corrected chi connectivity index (χ4v) is 4.95. The summed E-state index contributed by atoms with van der Waals surface area (Å²) in [6.45, 7) is 6.43. The number of aromatic nitrogens is 3. The molecule has 0 amide bonds. The van der Waals surface area contributed by atoms with Gasteiger partial charge in [0.2, 0.25) is 0 Å². The molecule has 0 N–H and O–H groups in total. The fraction of sp³-hybridized carbons (Fsp3) is 0.333. The maximum Gasteiger partial charge on any atom is 0.338 e. The molecule has 34 heavy (non-hydrogen) atoms. The molecule has 1 atom stereocenters. The van der Waals surface area contributed by atoms with E-state index < -0.39 is 12.0 Å². The highest BCUT2D eigenvalue weighted by molar-refractivity contribution is 7.07. The van der Waals surface area contributed by atoms with Crippen LogP contribution in [-0.2, 0) is 16.1 Å². The van der Waals surface area contributed by atoms with Crippen LogP contribution >= 0.6 is 11.3 Å². The number of aryl methyl sites for hydroxylation is 1. The average molecular weight is 483 g/mol. The molecule has 0 saturated carbocycles. The number of rotatable bonds is 7. The Hall–Kier alpha value is -3.66. The van der Waals surface area contributed by atoms with E-state index in [-0.39, 0.29) is 12.2 Å². The van der Waals surface area contributed by atoms with Crippen molar-refractivity contribution in [2.45, 2.75) is 33.4 Å². The van der Waals surface area contributed by atoms with Gasteiger partial charge in [0, 0.05) is 18.3 Å². The summed E-state index contributed by atoms with van der Waals surface area (Å²) in [6.07, 6.45) is 5.38. The van der Waals surface area contributed by atoms with Gasteiger partial charge in [0.05, 0.1) is 48.9 Å². The quantitative estimate of drug-likeness (QED) is 0.478. The molecule has 1 aromatic carbocycles. The third-order valence-corrected chi connectivity index (χ3v) is 6.50. The van der Waals surface area contributed by atoms with E-state index in [1.807, 2.05) is 19.2 Å². The standard InChI is InChI=1S/C24H26N4O5S/c1-6-27-13-15(12-25-27)10-19-22(29)28-21(16-8-9-17(31-4)18(11-16)32-5)20(23(30)33-7-2)14(3)26-24(28)34-19/h8-13,21H,6-7H2,1-5H3/b19-10+/t21-/m1/s1. The van der Waals surface area contributed by atoms with Gasteiger partial charge in [-0.1, -0.05) is 17.4 Å². The number of fused-ring (bicyclic) bond motifs is 1. The van der Waals surface area contributed by atoms with Gasteiger partial charge >= 0.3 is 5.97 Å². The number of allylic oxidation sites excluding steroid dienone is 1. The van der Waals surface area contributed by atoms with Crippen molar-refractivity contribution in [1.82, 2.24) is 14.3 Å². The fourth-order valence-electron chi connectivity index (χ4n) is 3.91. The van der Waals surface area contributed by atoms with Gasteiger partial charge in [-0.3, -0.25) is 14.0 Å². The van der Waals surface area contributed by atoms with Crippen molar-refractivity contribution in [3.05, 3.63) is 72.7 Å². The molecule has 0 bridgehead atoms. The number of carbonyl (C=O) groups is 1. The van der Waals surface area contributed by atoms with E-state index in [2.05, 4.69) is 10.1 Å². The highest BCUT2D eigenvalue weighted by Gasteiger charge is 2.33. The van der Waals surface area contributed by atoms with Crippen molar-refractivity contribution in [1.29, 1.82) is 0 Å². The van der Waals surface area contributed by atoms with Crippen LogP contribution in [0.25, 0.3) is 6.08 Å². The van der Waals surface area contributed by atoms with Crippen LogP contribution in [0.15, 0.2) is 51.6 Å². The summed E-state index contributed by atoms with van der Waals surface area (Å²) < 4.78 is 20.0. The topological polar surface area (TPSA) is 96.9 Å². The van der Waals surface area contributed by atoms with E-state index in [4.69, 9.17) is 14.2 Å². The molecule has 178 valence electrons. The monoisotopic (exact) mass is 482 g/mol. The van der Waals surface area contributed by atoms with E-state index in [9.17, 15) is 9.59 Å². The SMILES string of the molecule is CCOC(=O)C1=C(C)N=c2s/c(=C/c3cnn(CC)c3)c(=O)n2[C@@H]1c1ccc(OC)c(OC)c1. The number of hydrogen-bond acceptors (Lipinski definition) is 8. The Morgan fingerprint density at radius 1 is 1.21 bits per heavy atom. The summed E-state index contributed by atoms with van der Waals surface area (Å²) in [4.78, 5) is 31.7. The largest absolute Gasteiger partial charge is 0.493 e. The van der Waals surface area contributed by atoms with Gasteiger partial charge in [0.25, 0.3) is 5.56 Å². The molecule has 2 aromatic heterocycles. The first-order chi connectivity index (χ1) is 16.4. The minimum atomic E-state index is -0.726. The molecular formula is C24H26N4O5S. The third-order valence-electron chi connectivity index (χ3n) is 5.52. The normalized spacial score (nSPS) is 15.7. The van der Waals surface area contributed by atoms with Crippen molar-refractivity contribution in [2.75, 3.05) is 20.8 Å². The van der Waals surface area contributed by atoms with Gasteiger partial charge < -0.3 is 14.2 Å². The van der Waals surface area contributed by atoms with Gasteiger partial charge in [0.1, 0.15) is 0 Å². The maximum absolute atomic E-state index is 13.6. The first-order valence-electron chi connectivity index (χ1n) is 10.9. The Morgan fingerprint density at radius 2 is 1.97 bits per heavy atom. The van der Waals surface area contributed by atoms with Crippen molar-refractivity contribution in [2.24, 2.45) is 4.99 Å². The smallest absolute Gasteiger partial charge is 0.338 e. The first kappa shape index (κ1) is 23.5. The minimum Gasteiger partial charge on any atom is -0.493 e. The van der Waals surface area contributed by atoms with E-state index in [1.165, 1.54) is 18.4 Å². The molecule has 0 aliphatic carbocycles. The molecule has 3 heterocycles. The molecular weight excluding hydrogens is 456 g/mol. The molecule has 4 rings (SSSR count). The zero-order chi connectivity index (χ0) is 24.4. The second-order valence-corrected chi connectivity index (χ2v) is 8.56. The molecule has 0 unspecified atom stereocenters. The molecule has 3 aromatic rings. The van der Waals surface area contributed by atoms with Crippen LogP contribution in [0.2, 0.25) is 0 Å². The lowest BCUT2D eigenvalue weighted by molar-refractivity contribution is -0.139. The molecule has 10 heteroatoms. The van der Waals surface area contributed by atoms with Gasteiger partial charge in [-0.05, 0) is 44.5 Å². The Morgan fingerprint density at radius 3 is 2.62 bits per heavy atom. The van der Waals surface area contributed by atoms with E-state index in [0.29, 0.717) is 37.7 Å². The van der Waals surface area contributed by atoms with Crippen LogP contribution in [0, 0.1) is 0 Å². The summed E-state index contributed by atoms with van der Waals surface area (Å²) in [5, 5.41) is 4.27. The van der Waals surface area contributed by atoms with Crippen molar-refractivity contribution in [3.63, 3.8) is 0 Å². The second kappa shape index (κ2) is 9.68. The van der Waals surface area contributed by atoms with Gasteiger partial charge in [-0.2, -0.15) is 5.10 Å². The molecule has 1 aliphatic heterocycles. The van der Waals surface area contributed by atoms with E-state index in [1.54, 1.807) is 54.6 Å². The van der Waals surface area contributed by atoms with Crippen molar-refractivity contribution in [3.8, 4) is 11.5 Å². The van der Waals surface area contributed by atoms with Gasteiger partial charge in [-0.25, -0.2) is 9.79 Å². The number of ether oxygens (including phenoxy) is 3. The number of nitrogens with zero attached hydrogens (tertiary/aromatic N) is 4. The Kier molecular flexibility index (Phi) is 6.69. The third kappa shape index (κ3) is 4.16. The van der Waals surface area contributed by atoms with Crippen molar-refractivity contribution >= 4 is 23.4 Å². The Bertz CT molecular complexity index is 1450. The number of carbonyl (C=O) groups excluding carboxylic acids is 1. The summed E-state index contributed by atoms with van der Waals surface area (Å²) >= 11 is 1.27. The van der Waals surface area contributed by atoms with E-state index >= 15 is 0 Å². The molecule has 0 saturated heterocycles. The van der Waals surface area contributed by atoms with Gasteiger partial charge in [0.15, 0.2) is 16.3 Å². The van der Waals surface area contributed by atoms with Crippen LogP contribution < -0.4 is 24.4 Å². The number of hydrogen-bond donors (Lipinski definition) is 0. The van der Waals surface area contributed by atoms with Crippen LogP contribution in [0.5, 0.6) is 11.5 Å². The lowest BCUT2D eigenvalue weighted by atomic mass is 9.95. The minimum absolute atomic E-state index is 0.208. The molecule has 0 spiro atoms. The Labute approximate surface area is 200 Å². The highest BCUT2D eigenvalue weighted by Crippen LogP contribution is 2.36. The molecule has 9 nitrogen and oxygen atoms in total. The predicted molar refractivity (Wildman–Crippen MR) is 128 cm³/mol. The first-order valence-corrected chi connectivity index (χ1v) is 11.7. The number of methoxy groups -OCH3 is 2. The highest BCUT2D eigenvalue weighted by atomic mass is 32.1. The van der Waals surface area contributed by atoms with Crippen LogP contribution in [0.3, 0.4) is 0 Å². The number of esters is 1. The molecule has 1 aliphatic rings. The molecule has 0 radical (unpaired) electrons. The summed E-state index contributed by atoms with van der Waals surface area (Å²) in [7, 11) is 3.09. The molecule has 0 fully saturated rings. The number of thiazole rings is 1. The van der Waals surface area contributed by atoms with Crippen molar-refractivity contribution < 1.29 is 19.0 Å². The Balaban J connectivity index is 1.95. The van der Waals surface area contributed by atoms with E-state index in [0.717, 1.165) is 12.1 Å². The maximum atomic E-state index is 13.6. The van der Waals surface area contributed by atoms with Crippen LogP contribution in [0.1, 0.15) is 37.9 Å². The van der Waals surface area contributed by atoms with Gasteiger partial charge in [-0.15, -0.1) is 0 Å². The van der Waals surface area contributed by atoms with Crippen LogP contribution in [-0.4, -0.2) is 41.1 Å². The second-order valence-electron chi connectivity index (χ2n) is 7.55.